The van der Waals surface area contributed by atoms with E-state index in [0.717, 1.165) is 10.9 Å². The number of rotatable bonds is 5. The highest BCUT2D eigenvalue weighted by molar-refractivity contribution is 5.69. The number of nitrogens with zero attached hydrogens (tertiary/aromatic N) is 1. The number of quaternary nitrogens is 1. The van der Waals surface area contributed by atoms with Gasteiger partial charge in [0, 0.05) is 6.42 Å². The van der Waals surface area contributed by atoms with Crippen LogP contribution >= 0.6 is 0 Å². The van der Waals surface area contributed by atoms with Crippen LogP contribution in [-0.4, -0.2) is 43.7 Å². The quantitative estimate of drug-likeness (QED) is 0.361. The van der Waals surface area contributed by atoms with Gasteiger partial charge in [0.1, 0.15) is 12.1 Å². The third kappa shape index (κ3) is 6.35. The average Bonchev–Trinajstić information content (AvgIpc) is 1.99. The summed E-state index contributed by atoms with van der Waals surface area (Å²) < 4.78 is 6.00. The summed E-state index contributed by atoms with van der Waals surface area (Å²) in [6.07, 6.45) is 1.37. The average molecular weight is 329 g/mol. The van der Waals surface area contributed by atoms with Crippen molar-refractivity contribution in [3.05, 3.63) is 0 Å². The Hall–Kier alpha value is 0.160. The van der Waals surface area contributed by atoms with Crippen LogP contribution < -0.4 is 24.0 Å². The maximum absolute atomic E-state index is 11.2. The Bertz CT molecular complexity index is 197. The summed E-state index contributed by atoms with van der Waals surface area (Å²) in [6, 6.07) is 0. The number of hydrogen-bond donors (Lipinski definition) is 0. The molecule has 0 fully saturated rings. The zero-order valence-electron chi connectivity index (χ0n) is 10.8. The number of ether oxygens (including phenoxy) is 1. The van der Waals surface area contributed by atoms with Crippen molar-refractivity contribution in [3.8, 4) is 0 Å². The number of carbonyl (C=O) groups excluding carboxylic acids is 1. The first-order valence-electron chi connectivity index (χ1n) is 5.18. The summed E-state index contributed by atoms with van der Waals surface area (Å²) >= 11 is 0. The summed E-state index contributed by atoms with van der Waals surface area (Å²) in [5.74, 6) is -0.0889. The second kappa shape index (κ2) is 6.68. The van der Waals surface area contributed by atoms with E-state index in [1.165, 1.54) is 0 Å². The van der Waals surface area contributed by atoms with Crippen molar-refractivity contribution >= 4 is 5.97 Å². The Morgan fingerprint density at radius 2 is 1.73 bits per heavy atom. The van der Waals surface area contributed by atoms with Gasteiger partial charge in [-0.2, -0.15) is 0 Å². The van der Waals surface area contributed by atoms with Gasteiger partial charge in [-0.25, -0.2) is 0 Å². The number of hydrogen-bond acceptors (Lipinski definition) is 2. The van der Waals surface area contributed by atoms with Crippen LogP contribution in [0.1, 0.15) is 33.6 Å². The summed E-state index contributed by atoms with van der Waals surface area (Å²) in [5, 5.41) is 0. The SMILES string of the molecule is CCCC(=O)OCC(C)(C)[N+](C)(C)C.[I-]. The molecule has 0 bridgehead atoms. The lowest BCUT2D eigenvalue weighted by Gasteiger charge is -2.40. The van der Waals surface area contributed by atoms with Crippen LogP contribution in [0.25, 0.3) is 0 Å². The highest BCUT2D eigenvalue weighted by Gasteiger charge is 2.34. The Morgan fingerprint density at radius 1 is 1.27 bits per heavy atom. The van der Waals surface area contributed by atoms with Gasteiger partial charge < -0.3 is 33.2 Å². The van der Waals surface area contributed by atoms with Gasteiger partial charge in [0.2, 0.25) is 0 Å². The first kappa shape index (κ1) is 17.6. The summed E-state index contributed by atoms with van der Waals surface area (Å²) in [6.45, 7) is 6.67. The van der Waals surface area contributed by atoms with Gasteiger partial charge in [-0.1, -0.05) is 6.92 Å². The predicted molar refractivity (Wildman–Crippen MR) is 58.0 cm³/mol. The van der Waals surface area contributed by atoms with Crippen molar-refractivity contribution in [1.29, 1.82) is 0 Å². The summed E-state index contributed by atoms with van der Waals surface area (Å²) in [4.78, 5) is 11.2. The first-order chi connectivity index (χ1) is 6.20. The zero-order valence-corrected chi connectivity index (χ0v) is 12.9. The smallest absolute Gasteiger partial charge is 0.306 e. The van der Waals surface area contributed by atoms with Gasteiger partial charge >= 0.3 is 5.97 Å². The van der Waals surface area contributed by atoms with Crippen molar-refractivity contribution in [2.45, 2.75) is 39.2 Å². The largest absolute Gasteiger partial charge is 1.00 e. The molecule has 0 saturated carbocycles. The lowest BCUT2D eigenvalue weighted by atomic mass is 10.0. The molecule has 92 valence electrons. The number of esters is 1. The molecule has 0 aromatic rings. The number of carbonyl (C=O) groups is 1. The van der Waals surface area contributed by atoms with Crippen LogP contribution in [0.15, 0.2) is 0 Å². The Morgan fingerprint density at radius 3 is 2.07 bits per heavy atom. The van der Waals surface area contributed by atoms with Crippen LogP contribution in [0, 0.1) is 0 Å². The van der Waals surface area contributed by atoms with Crippen LogP contribution in [0.3, 0.4) is 0 Å². The van der Waals surface area contributed by atoms with E-state index in [0.29, 0.717) is 13.0 Å². The molecule has 15 heavy (non-hydrogen) atoms. The van der Waals surface area contributed by atoms with E-state index in [4.69, 9.17) is 4.74 Å². The maximum atomic E-state index is 11.2. The Labute approximate surface area is 111 Å². The fourth-order valence-electron chi connectivity index (χ4n) is 0.727. The molecule has 0 aromatic heterocycles. The van der Waals surface area contributed by atoms with Gasteiger partial charge in [-0.05, 0) is 20.3 Å². The Kier molecular flexibility index (Phi) is 7.82. The number of likely N-dealkylation sites (N-methyl/N-ethyl adjacent to an activating group) is 1. The van der Waals surface area contributed by atoms with Crippen LogP contribution in [0.2, 0.25) is 0 Å². The molecule has 0 N–H and O–H groups in total. The topological polar surface area (TPSA) is 26.3 Å². The Balaban J connectivity index is 0. The predicted octanol–water partition coefficient (Wildman–Crippen LogP) is -1.18. The molecule has 4 heteroatoms. The molecule has 0 aliphatic heterocycles. The molecule has 0 radical (unpaired) electrons. The summed E-state index contributed by atoms with van der Waals surface area (Å²) in [7, 11) is 6.31. The van der Waals surface area contributed by atoms with Gasteiger partial charge in [-0.3, -0.25) is 4.79 Å². The van der Waals surface area contributed by atoms with Gasteiger partial charge in [0.15, 0.2) is 0 Å². The van der Waals surface area contributed by atoms with E-state index in [1.807, 2.05) is 6.92 Å². The third-order valence-electron chi connectivity index (χ3n) is 2.86. The standard InChI is InChI=1S/C11H24NO2.HI/c1-7-8-10(13)14-9-11(2,3)12(4,5)6;/h7-9H2,1-6H3;1H/q+1;/p-1. The minimum atomic E-state index is -0.0889. The molecule has 0 heterocycles. The fourth-order valence-corrected chi connectivity index (χ4v) is 0.727. The van der Waals surface area contributed by atoms with E-state index in [2.05, 4.69) is 35.0 Å². The van der Waals surface area contributed by atoms with Crippen LogP contribution in [0.5, 0.6) is 0 Å². The molecule has 0 unspecified atom stereocenters. The van der Waals surface area contributed by atoms with Crippen molar-refractivity contribution < 1.29 is 38.0 Å². The lowest BCUT2D eigenvalue weighted by molar-refractivity contribution is -0.919. The van der Waals surface area contributed by atoms with Gasteiger partial charge in [-0.15, -0.1) is 0 Å². The molecule has 0 aliphatic rings. The third-order valence-corrected chi connectivity index (χ3v) is 2.86. The van der Waals surface area contributed by atoms with E-state index in [-0.39, 0.29) is 35.5 Å². The zero-order chi connectivity index (χ0) is 11.4. The highest BCUT2D eigenvalue weighted by atomic mass is 127. The van der Waals surface area contributed by atoms with E-state index in [1.54, 1.807) is 0 Å². The molecule has 0 aliphatic carbocycles. The first-order valence-corrected chi connectivity index (χ1v) is 5.18. The number of halogens is 1. The molecule has 0 saturated heterocycles. The second-order valence-corrected chi connectivity index (χ2v) is 5.24. The highest BCUT2D eigenvalue weighted by Crippen LogP contribution is 2.17. The van der Waals surface area contributed by atoms with Crippen molar-refractivity contribution in [1.82, 2.24) is 0 Å². The van der Waals surface area contributed by atoms with Crippen molar-refractivity contribution in [3.63, 3.8) is 0 Å². The minimum Gasteiger partial charge on any atom is -1.00 e. The fraction of sp³-hybridized carbons (Fsp3) is 0.909. The monoisotopic (exact) mass is 329 g/mol. The van der Waals surface area contributed by atoms with Crippen LogP contribution in [-0.2, 0) is 9.53 Å². The lowest BCUT2D eigenvalue weighted by Crippen LogP contribution is -3.00. The van der Waals surface area contributed by atoms with Gasteiger partial charge in [0.25, 0.3) is 0 Å². The summed E-state index contributed by atoms with van der Waals surface area (Å²) in [5.41, 5.74) is -0.0383. The maximum Gasteiger partial charge on any atom is 0.306 e. The van der Waals surface area contributed by atoms with Crippen molar-refractivity contribution in [2.75, 3.05) is 27.7 Å². The normalized spacial score (nSPS) is 11.9. The van der Waals surface area contributed by atoms with E-state index in [9.17, 15) is 4.79 Å². The molecular formula is C11H24INO2. The molecule has 0 amide bonds. The molecule has 0 aromatic carbocycles. The molecule has 0 spiro atoms. The van der Waals surface area contributed by atoms with E-state index < -0.39 is 0 Å². The van der Waals surface area contributed by atoms with E-state index >= 15 is 0 Å². The molecular weight excluding hydrogens is 305 g/mol. The van der Waals surface area contributed by atoms with Crippen molar-refractivity contribution in [2.24, 2.45) is 0 Å². The molecule has 0 atom stereocenters. The van der Waals surface area contributed by atoms with Crippen LogP contribution in [0.4, 0.5) is 0 Å². The van der Waals surface area contributed by atoms with Gasteiger partial charge in [0.05, 0.1) is 21.1 Å². The second-order valence-electron chi connectivity index (χ2n) is 5.24. The molecule has 0 rings (SSSR count). The minimum absolute atomic E-state index is 0. The molecule has 3 nitrogen and oxygen atoms in total.